The highest BCUT2D eigenvalue weighted by Gasteiger charge is 2.11. The van der Waals surface area contributed by atoms with Gasteiger partial charge in [-0.2, -0.15) is 5.10 Å². The number of halogens is 1. The Morgan fingerprint density at radius 3 is 2.76 bits per heavy atom. The van der Waals surface area contributed by atoms with E-state index in [1.165, 1.54) is 11.1 Å². The molecule has 114 valence electrons. The van der Waals surface area contributed by atoms with Crippen LogP contribution in [0, 0.1) is 0 Å². The number of rotatable bonds is 6. The van der Waals surface area contributed by atoms with Gasteiger partial charge in [0.15, 0.2) is 0 Å². The summed E-state index contributed by atoms with van der Waals surface area (Å²) in [6.45, 7) is 5.99. The van der Waals surface area contributed by atoms with E-state index >= 15 is 0 Å². The van der Waals surface area contributed by atoms with Gasteiger partial charge in [0.1, 0.15) is 0 Å². The number of hydrogen-bond acceptors (Lipinski definition) is 3. The van der Waals surface area contributed by atoms with E-state index in [9.17, 15) is 0 Å². The summed E-state index contributed by atoms with van der Waals surface area (Å²) < 4.78 is 1.81. The van der Waals surface area contributed by atoms with E-state index in [4.69, 9.17) is 11.6 Å². The van der Waals surface area contributed by atoms with Crippen LogP contribution >= 0.6 is 11.6 Å². The fourth-order valence-corrected chi connectivity index (χ4v) is 2.77. The van der Waals surface area contributed by atoms with Crippen LogP contribution in [0.15, 0.2) is 30.6 Å². The molecule has 0 saturated carbocycles. The Morgan fingerprint density at radius 1 is 1.43 bits per heavy atom. The number of benzene rings is 1. The first kappa shape index (κ1) is 15.9. The summed E-state index contributed by atoms with van der Waals surface area (Å²) in [4.78, 5) is 2.14. The van der Waals surface area contributed by atoms with Crippen LogP contribution in [-0.2, 0) is 13.6 Å². The molecule has 4 nitrogen and oxygen atoms in total. The van der Waals surface area contributed by atoms with Crippen molar-refractivity contribution in [2.45, 2.75) is 26.4 Å². The van der Waals surface area contributed by atoms with Gasteiger partial charge in [0.05, 0.1) is 16.9 Å². The minimum Gasteiger partial charge on any atom is -0.369 e. The molecule has 5 heteroatoms. The van der Waals surface area contributed by atoms with Crippen LogP contribution in [0.2, 0.25) is 5.02 Å². The first-order valence-corrected chi connectivity index (χ1v) is 7.60. The maximum atomic E-state index is 6.45. The lowest BCUT2D eigenvalue weighted by atomic mass is 10.1. The Hall–Kier alpha value is -1.52. The Balaban J connectivity index is 2.12. The summed E-state index contributed by atoms with van der Waals surface area (Å²) in [5.74, 6) is 0. The van der Waals surface area contributed by atoms with E-state index in [0.29, 0.717) is 6.04 Å². The fraction of sp³-hybridized carbons (Fsp3) is 0.438. The Kier molecular flexibility index (Phi) is 5.26. The van der Waals surface area contributed by atoms with Gasteiger partial charge in [0.2, 0.25) is 0 Å². The van der Waals surface area contributed by atoms with E-state index in [1.54, 1.807) is 0 Å². The molecule has 0 aliphatic carbocycles. The largest absolute Gasteiger partial charge is 0.369 e. The number of aromatic nitrogens is 2. The van der Waals surface area contributed by atoms with E-state index in [1.807, 2.05) is 37.2 Å². The molecule has 0 spiro atoms. The Morgan fingerprint density at radius 2 is 2.19 bits per heavy atom. The molecule has 0 radical (unpaired) electrons. The van der Waals surface area contributed by atoms with Crippen molar-refractivity contribution in [3.63, 3.8) is 0 Å². The van der Waals surface area contributed by atoms with Crippen LogP contribution in [0.1, 0.15) is 31.0 Å². The fourth-order valence-electron chi connectivity index (χ4n) is 2.44. The Bertz CT molecular complexity index is 594. The molecule has 2 rings (SSSR count). The van der Waals surface area contributed by atoms with Gasteiger partial charge in [-0.3, -0.25) is 4.68 Å². The van der Waals surface area contributed by atoms with Gasteiger partial charge in [0, 0.05) is 38.4 Å². The quantitative estimate of drug-likeness (QED) is 0.888. The van der Waals surface area contributed by atoms with Crippen LogP contribution in [0.3, 0.4) is 0 Å². The summed E-state index contributed by atoms with van der Waals surface area (Å²) >= 11 is 6.45. The van der Waals surface area contributed by atoms with E-state index in [2.05, 4.69) is 41.3 Å². The molecule has 0 aliphatic rings. The first-order chi connectivity index (χ1) is 10.0. The van der Waals surface area contributed by atoms with Crippen molar-refractivity contribution in [1.82, 2.24) is 15.1 Å². The van der Waals surface area contributed by atoms with Crippen LogP contribution < -0.4 is 10.2 Å². The highest BCUT2D eigenvalue weighted by atomic mass is 35.5. The van der Waals surface area contributed by atoms with Crippen molar-refractivity contribution < 1.29 is 0 Å². The van der Waals surface area contributed by atoms with Crippen molar-refractivity contribution >= 4 is 17.3 Å². The average molecular weight is 307 g/mol. The first-order valence-electron chi connectivity index (χ1n) is 7.22. The molecular weight excluding hydrogens is 284 g/mol. The van der Waals surface area contributed by atoms with Gasteiger partial charge < -0.3 is 10.2 Å². The zero-order valence-corrected chi connectivity index (χ0v) is 13.9. The molecule has 1 N–H and O–H groups in total. The molecule has 2 aromatic rings. The Labute approximate surface area is 131 Å². The summed E-state index contributed by atoms with van der Waals surface area (Å²) in [5, 5.41) is 8.37. The number of nitrogens with one attached hydrogen (secondary N) is 1. The van der Waals surface area contributed by atoms with Crippen molar-refractivity contribution in [3.05, 3.63) is 46.7 Å². The van der Waals surface area contributed by atoms with E-state index in [-0.39, 0.29) is 0 Å². The average Bonchev–Trinajstić information content (AvgIpc) is 2.84. The molecule has 1 aromatic carbocycles. The monoisotopic (exact) mass is 306 g/mol. The summed E-state index contributed by atoms with van der Waals surface area (Å²) in [7, 11) is 3.97. The van der Waals surface area contributed by atoms with Crippen LogP contribution in [0.4, 0.5) is 5.69 Å². The minimum atomic E-state index is 0.310. The smallest absolute Gasteiger partial charge is 0.0642 e. The lowest BCUT2D eigenvalue weighted by Crippen LogP contribution is -2.19. The zero-order chi connectivity index (χ0) is 15.4. The second-order valence-electron chi connectivity index (χ2n) is 5.37. The van der Waals surface area contributed by atoms with Crippen LogP contribution in [0.5, 0.6) is 0 Å². The second-order valence-corrected chi connectivity index (χ2v) is 5.78. The standard InChI is InChI=1S/C16H23ClN4/c1-5-18-12(2)14-6-7-16(15(17)8-14)20(3)10-13-9-19-21(4)11-13/h6-9,11-12,18H,5,10H2,1-4H3. The van der Waals surface area contributed by atoms with Crippen molar-refractivity contribution in [3.8, 4) is 0 Å². The van der Waals surface area contributed by atoms with Crippen molar-refractivity contribution in [2.24, 2.45) is 7.05 Å². The lowest BCUT2D eigenvalue weighted by Gasteiger charge is -2.21. The topological polar surface area (TPSA) is 33.1 Å². The summed E-state index contributed by atoms with van der Waals surface area (Å²) in [6, 6.07) is 6.57. The number of nitrogens with zero attached hydrogens (tertiary/aromatic N) is 3. The highest BCUT2D eigenvalue weighted by molar-refractivity contribution is 6.33. The molecule has 0 saturated heterocycles. The van der Waals surface area contributed by atoms with Crippen LogP contribution in [0.25, 0.3) is 0 Å². The highest BCUT2D eigenvalue weighted by Crippen LogP contribution is 2.29. The number of aryl methyl sites for hydroxylation is 1. The maximum absolute atomic E-state index is 6.45. The van der Waals surface area contributed by atoms with Gasteiger partial charge >= 0.3 is 0 Å². The lowest BCUT2D eigenvalue weighted by molar-refractivity contribution is 0.598. The third-order valence-corrected chi connectivity index (χ3v) is 3.87. The molecule has 1 heterocycles. The van der Waals surface area contributed by atoms with Crippen molar-refractivity contribution in [2.75, 3.05) is 18.5 Å². The maximum Gasteiger partial charge on any atom is 0.0642 e. The van der Waals surface area contributed by atoms with Gasteiger partial charge in [-0.25, -0.2) is 0 Å². The van der Waals surface area contributed by atoms with E-state index in [0.717, 1.165) is 23.8 Å². The molecule has 0 bridgehead atoms. The molecule has 1 aromatic heterocycles. The molecule has 0 fully saturated rings. The molecule has 0 aliphatic heterocycles. The predicted octanol–water partition coefficient (Wildman–Crippen LogP) is 3.38. The SMILES string of the molecule is CCNC(C)c1ccc(N(C)Cc2cnn(C)c2)c(Cl)c1. The summed E-state index contributed by atoms with van der Waals surface area (Å²) in [6.07, 6.45) is 3.90. The van der Waals surface area contributed by atoms with Gasteiger partial charge in [-0.1, -0.05) is 24.6 Å². The molecular formula is C16H23ClN4. The number of hydrogen-bond donors (Lipinski definition) is 1. The van der Waals surface area contributed by atoms with Gasteiger partial charge in [-0.05, 0) is 31.2 Å². The van der Waals surface area contributed by atoms with Crippen LogP contribution in [-0.4, -0.2) is 23.4 Å². The third kappa shape index (κ3) is 3.99. The predicted molar refractivity (Wildman–Crippen MR) is 88.9 cm³/mol. The zero-order valence-electron chi connectivity index (χ0n) is 13.1. The van der Waals surface area contributed by atoms with E-state index < -0.39 is 0 Å². The van der Waals surface area contributed by atoms with Gasteiger partial charge in [0.25, 0.3) is 0 Å². The molecule has 0 amide bonds. The third-order valence-electron chi connectivity index (χ3n) is 3.57. The number of anilines is 1. The van der Waals surface area contributed by atoms with Gasteiger partial charge in [-0.15, -0.1) is 0 Å². The molecule has 1 unspecified atom stereocenters. The molecule has 21 heavy (non-hydrogen) atoms. The minimum absolute atomic E-state index is 0.310. The summed E-state index contributed by atoms with van der Waals surface area (Å²) in [5.41, 5.74) is 3.41. The normalized spacial score (nSPS) is 12.4. The molecule has 1 atom stereocenters. The van der Waals surface area contributed by atoms with Crippen molar-refractivity contribution in [1.29, 1.82) is 0 Å². The second kappa shape index (κ2) is 6.96.